The van der Waals surface area contributed by atoms with E-state index in [2.05, 4.69) is 35.8 Å². The first kappa shape index (κ1) is 14.4. The maximum atomic E-state index is 12.1. The van der Waals surface area contributed by atoms with Crippen molar-refractivity contribution in [3.63, 3.8) is 0 Å². The van der Waals surface area contributed by atoms with Crippen LogP contribution in [0.3, 0.4) is 0 Å². The lowest BCUT2D eigenvalue weighted by atomic mass is 9.81. The molecule has 1 fully saturated rings. The minimum atomic E-state index is -0.0594. The fourth-order valence-electron chi connectivity index (χ4n) is 2.96. The zero-order chi connectivity index (χ0) is 12.5. The first-order valence-corrected chi connectivity index (χ1v) is 6.83. The maximum Gasteiger partial charge on any atom is 0.237 e. The largest absolute Gasteiger partial charge is 0.352 e. The summed E-state index contributed by atoms with van der Waals surface area (Å²) in [5.41, 5.74) is 2.62. The van der Waals surface area contributed by atoms with Gasteiger partial charge in [0.25, 0.3) is 0 Å². The van der Waals surface area contributed by atoms with Crippen molar-refractivity contribution in [2.24, 2.45) is 5.92 Å². The molecule has 0 saturated heterocycles. The predicted octanol–water partition coefficient (Wildman–Crippen LogP) is 2.04. The molecule has 2 aliphatic rings. The van der Waals surface area contributed by atoms with E-state index in [0.29, 0.717) is 6.04 Å². The molecule has 1 heterocycles. The molecule has 0 spiro atoms. The quantitative estimate of drug-likeness (QED) is 0.870. The molecule has 1 amide bonds. The van der Waals surface area contributed by atoms with Crippen LogP contribution in [-0.2, 0) is 17.8 Å². The Hall–Kier alpha value is -1.06. The predicted molar refractivity (Wildman–Crippen MR) is 78.4 cm³/mol. The smallest absolute Gasteiger partial charge is 0.237 e. The van der Waals surface area contributed by atoms with Crippen LogP contribution in [0.25, 0.3) is 0 Å². The highest BCUT2D eigenvalue weighted by molar-refractivity contribution is 5.85. The molecular weight excluding hydrogens is 260 g/mol. The van der Waals surface area contributed by atoms with Crippen LogP contribution in [0.4, 0.5) is 0 Å². The summed E-state index contributed by atoms with van der Waals surface area (Å²) < 4.78 is 0. The standard InChI is InChI=1S/C15H20N2O.ClH/c1-10-6-13(7-10)17-15(18)14-8-11-4-2-3-5-12(11)9-16-14;/h2-5,10,13-14,16H,6-9H2,1H3,(H,17,18);1H. The summed E-state index contributed by atoms with van der Waals surface area (Å²) in [6, 6.07) is 8.71. The number of benzene rings is 1. The van der Waals surface area contributed by atoms with Crippen molar-refractivity contribution in [1.82, 2.24) is 10.6 Å². The third kappa shape index (κ3) is 3.10. The number of fused-ring (bicyclic) bond motifs is 1. The second-order valence-corrected chi connectivity index (χ2v) is 5.69. The average molecular weight is 281 g/mol. The average Bonchev–Trinajstić information content (AvgIpc) is 2.36. The highest BCUT2D eigenvalue weighted by atomic mass is 35.5. The van der Waals surface area contributed by atoms with Gasteiger partial charge in [-0.2, -0.15) is 0 Å². The fourth-order valence-corrected chi connectivity index (χ4v) is 2.96. The topological polar surface area (TPSA) is 41.1 Å². The molecule has 1 unspecified atom stereocenters. The minimum absolute atomic E-state index is 0. The van der Waals surface area contributed by atoms with Gasteiger partial charge in [-0.3, -0.25) is 4.79 Å². The van der Waals surface area contributed by atoms with Crippen molar-refractivity contribution in [1.29, 1.82) is 0 Å². The van der Waals surface area contributed by atoms with E-state index in [1.54, 1.807) is 0 Å². The lowest BCUT2D eigenvalue weighted by Crippen LogP contribution is -2.53. The van der Waals surface area contributed by atoms with Gasteiger partial charge in [-0.25, -0.2) is 0 Å². The van der Waals surface area contributed by atoms with Gasteiger partial charge in [-0.15, -0.1) is 12.4 Å². The van der Waals surface area contributed by atoms with E-state index in [1.807, 2.05) is 6.07 Å². The van der Waals surface area contributed by atoms with E-state index in [1.165, 1.54) is 11.1 Å². The van der Waals surface area contributed by atoms with Crippen molar-refractivity contribution < 1.29 is 4.79 Å². The number of nitrogens with one attached hydrogen (secondary N) is 2. The Morgan fingerprint density at radius 2 is 1.95 bits per heavy atom. The number of hydrogen-bond donors (Lipinski definition) is 2. The molecule has 2 N–H and O–H groups in total. The number of amides is 1. The minimum Gasteiger partial charge on any atom is -0.352 e. The molecule has 1 atom stereocenters. The van der Waals surface area contributed by atoms with E-state index in [9.17, 15) is 4.79 Å². The number of carbonyl (C=O) groups excluding carboxylic acids is 1. The van der Waals surface area contributed by atoms with E-state index >= 15 is 0 Å². The molecule has 0 aromatic heterocycles. The van der Waals surface area contributed by atoms with Crippen molar-refractivity contribution in [2.75, 3.05) is 0 Å². The fraction of sp³-hybridized carbons (Fsp3) is 0.533. The number of halogens is 1. The molecule has 19 heavy (non-hydrogen) atoms. The van der Waals surface area contributed by atoms with Crippen molar-refractivity contribution >= 4 is 18.3 Å². The van der Waals surface area contributed by atoms with Gasteiger partial charge in [0.05, 0.1) is 6.04 Å². The zero-order valence-corrected chi connectivity index (χ0v) is 12.0. The van der Waals surface area contributed by atoms with Crippen LogP contribution >= 0.6 is 12.4 Å². The van der Waals surface area contributed by atoms with Gasteiger partial charge in [0, 0.05) is 12.6 Å². The number of hydrogen-bond acceptors (Lipinski definition) is 2. The van der Waals surface area contributed by atoms with Crippen LogP contribution in [-0.4, -0.2) is 18.0 Å². The molecule has 4 heteroatoms. The molecule has 1 aliphatic heterocycles. The van der Waals surface area contributed by atoms with Crippen LogP contribution in [0, 0.1) is 5.92 Å². The van der Waals surface area contributed by atoms with Crippen LogP contribution in [0.15, 0.2) is 24.3 Å². The van der Waals surface area contributed by atoms with E-state index in [-0.39, 0.29) is 24.4 Å². The van der Waals surface area contributed by atoms with Gasteiger partial charge in [-0.1, -0.05) is 31.2 Å². The summed E-state index contributed by atoms with van der Waals surface area (Å²) in [6.07, 6.45) is 3.08. The van der Waals surface area contributed by atoms with Crippen LogP contribution in [0.2, 0.25) is 0 Å². The van der Waals surface area contributed by atoms with Gasteiger partial charge in [0.1, 0.15) is 0 Å². The summed E-state index contributed by atoms with van der Waals surface area (Å²) in [5, 5.41) is 6.47. The molecule has 0 radical (unpaired) electrons. The Morgan fingerprint density at radius 3 is 2.63 bits per heavy atom. The molecule has 1 saturated carbocycles. The van der Waals surface area contributed by atoms with E-state index < -0.39 is 0 Å². The normalized spacial score (nSPS) is 28.6. The monoisotopic (exact) mass is 280 g/mol. The SMILES string of the molecule is CC1CC(NC(=O)C2Cc3ccccc3CN2)C1.Cl. The molecule has 1 aromatic carbocycles. The Kier molecular flexibility index (Phi) is 4.48. The third-order valence-corrected chi connectivity index (χ3v) is 4.12. The molecule has 104 valence electrons. The molecule has 1 aliphatic carbocycles. The van der Waals surface area contributed by atoms with Gasteiger partial charge in [0.2, 0.25) is 5.91 Å². The molecular formula is C15H21ClN2O. The first-order chi connectivity index (χ1) is 8.72. The summed E-state index contributed by atoms with van der Waals surface area (Å²) >= 11 is 0. The highest BCUT2D eigenvalue weighted by Crippen LogP contribution is 2.26. The lowest BCUT2D eigenvalue weighted by Gasteiger charge is -2.35. The number of carbonyl (C=O) groups is 1. The van der Waals surface area contributed by atoms with Crippen molar-refractivity contribution in [2.45, 2.75) is 44.8 Å². The molecule has 3 rings (SSSR count). The lowest BCUT2D eigenvalue weighted by molar-refractivity contribution is -0.124. The van der Waals surface area contributed by atoms with Gasteiger partial charge >= 0.3 is 0 Å². The van der Waals surface area contributed by atoms with Gasteiger partial charge in [-0.05, 0) is 36.3 Å². The summed E-state index contributed by atoms with van der Waals surface area (Å²) in [7, 11) is 0. The Labute approximate surface area is 120 Å². The van der Waals surface area contributed by atoms with E-state index in [0.717, 1.165) is 31.7 Å². The second kappa shape index (κ2) is 5.93. The van der Waals surface area contributed by atoms with Crippen LogP contribution < -0.4 is 10.6 Å². The summed E-state index contributed by atoms with van der Waals surface area (Å²) in [5.74, 6) is 0.941. The van der Waals surface area contributed by atoms with Crippen molar-refractivity contribution in [3.05, 3.63) is 35.4 Å². The highest BCUT2D eigenvalue weighted by Gasteiger charge is 2.30. The zero-order valence-electron chi connectivity index (χ0n) is 11.2. The maximum absolute atomic E-state index is 12.1. The summed E-state index contributed by atoms with van der Waals surface area (Å²) in [6.45, 7) is 3.03. The number of rotatable bonds is 2. The second-order valence-electron chi connectivity index (χ2n) is 5.69. The molecule has 1 aromatic rings. The Bertz CT molecular complexity index is 457. The van der Waals surface area contributed by atoms with Crippen LogP contribution in [0.5, 0.6) is 0 Å². The molecule has 3 nitrogen and oxygen atoms in total. The van der Waals surface area contributed by atoms with E-state index in [4.69, 9.17) is 0 Å². The van der Waals surface area contributed by atoms with Crippen LogP contribution in [0.1, 0.15) is 30.9 Å². The third-order valence-electron chi connectivity index (χ3n) is 4.12. The first-order valence-electron chi connectivity index (χ1n) is 6.83. The van der Waals surface area contributed by atoms with Gasteiger partial charge < -0.3 is 10.6 Å². The summed E-state index contributed by atoms with van der Waals surface area (Å²) in [4.78, 5) is 12.1. The Morgan fingerprint density at radius 1 is 1.26 bits per heavy atom. The molecule has 0 bridgehead atoms. The van der Waals surface area contributed by atoms with Gasteiger partial charge in [0.15, 0.2) is 0 Å². The Balaban J connectivity index is 0.00000133. The van der Waals surface area contributed by atoms with Crippen molar-refractivity contribution in [3.8, 4) is 0 Å².